The minimum atomic E-state index is -0.317. The average molecular weight is 180 g/mol. The highest BCUT2D eigenvalue weighted by Gasteiger charge is 2.04. The Morgan fingerprint density at radius 2 is 2.31 bits per heavy atom. The lowest BCUT2D eigenvalue weighted by molar-refractivity contribution is 1.01. The van der Waals surface area contributed by atoms with Gasteiger partial charge in [-0.25, -0.2) is 0 Å². The Morgan fingerprint density at radius 3 is 2.77 bits per heavy atom. The van der Waals surface area contributed by atoms with Crippen molar-refractivity contribution in [2.24, 2.45) is 5.84 Å². The van der Waals surface area contributed by atoms with Crippen molar-refractivity contribution in [2.45, 2.75) is 6.92 Å². The van der Waals surface area contributed by atoms with Gasteiger partial charge in [-0.05, 0) is 13.0 Å². The molecule has 70 valence electrons. The Bertz CT molecular complexity index is 394. The van der Waals surface area contributed by atoms with E-state index in [9.17, 15) is 4.79 Å². The van der Waals surface area contributed by atoms with Crippen LogP contribution in [-0.2, 0) is 0 Å². The average Bonchev–Trinajstić information content (AvgIpc) is 2.09. The van der Waals surface area contributed by atoms with Crippen LogP contribution in [0.15, 0.2) is 23.6 Å². The van der Waals surface area contributed by atoms with Crippen molar-refractivity contribution in [1.29, 1.82) is 0 Å². The predicted octanol–water partition coefficient (Wildman–Crippen LogP) is 0.207. The molecular formula is C8H12N4O. The maximum Gasteiger partial charge on any atom is 0.280 e. The summed E-state index contributed by atoms with van der Waals surface area (Å²) in [6.07, 6.45) is 1.57. The van der Waals surface area contributed by atoms with Crippen molar-refractivity contribution in [3.63, 3.8) is 0 Å². The van der Waals surface area contributed by atoms with Crippen molar-refractivity contribution in [1.82, 2.24) is 4.57 Å². The van der Waals surface area contributed by atoms with Crippen LogP contribution in [0.2, 0.25) is 0 Å². The molecule has 0 unspecified atom stereocenters. The lowest BCUT2D eigenvalue weighted by atomic mass is 10.3. The van der Waals surface area contributed by atoms with Crippen LogP contribution in [0.4, 0.5) is 11.4 Å². The second-order valence-corrected chi connectivity index (χ2v) is 2.70. The molecule has 5 heteroatoms. The van der Waals surface area contributed by atoms with Gasteiger partial charge in [0.15, 0.2) is 0 Å². The van der Waals surface area contributed by atoms with Gasteiger partial charge in [0.05, 0.1) is 5.69 Å². The molecule has 0 aliphatic rings. The van der Waals surface area contributed by atoms with E-state index in [1.54, 1.807) is 19.2 Å². The molecule has 0 atom stereocenters. The van der Waals surface area contributed by atoms with Gasteiger partial charge >= 0.3 is 0 Å². The number of pyridine rings is 1. The second-order valence-electron chi connectivity index (χ2n) is 2.70. The summed E-state index contributed by atoms with van der Waals surface area (Å²) in [5, 5.41) is 0. The number of allylic oxidation sites excluding steroid dienone is 1. The number of anilines is 2. The fourth-order valence-corrected chi connectivity index (χ4v) is 0.978. The predicted molar refractivity (Wildman–Crippen MR) is 53.9 cm³/mol. The van der Waals surface area contributed by atoms with Gasteiger partial charge in [0, 0.05) is 11.9 Å². The molecule has 0 aliphatic heterocycles. The van der Waals surface area contributed by atoms with Crippen molar-refractivity contribution >= 4 is 17.1 Å². The zero-order valence-electron chi connectivity index (χ0n) is 7.37. The third kappa shape index (κ3) is 1.54. The topological polar surface area (TPSA) is 86.1 Å². The Balaban J connectivity index is 3.40. The van der Waals surface area contributed by atoms with Gasteiger partial charge in [0.2, 0.25) is 0 Å². The molecule has 1 aromatic rings. The number of aromatic nitrogens is 1. The first-order valence-corrected chi connectivity index (χ1v) is 3.71. The van der Waals surface area contributed by atoms with Gasteiger partial charge in [-0.2, -0.15) is 0 Å². The Labute approximate surface area is 75.6 Å². The summed E-state index contributed by atoms with van der Waals surface area (Å²) >= 11 is 0. The number of nitrogens with two attached hydrogens (primary N) is 2. The van der Waals surface area contributed by atoms with E-state index < -0.39 is 0 Å². The van der Waals surface area contributed by atoms with Crippen molar-refractivity contribution in [2.75, 3.05) is 11.2 Å². The van der Waals surface area contributed by atoms with Crippen LogP contribution >= 0.6 is 0 Å². The standard InChI is InChI=1S/C8H12N4O/c1-5(2)12-4-3-6(11-10)7(9)8(12)13/h3-4,11H,1,9-10H2,2H3. The monoisotopic (exact) mass is 180 g/mol. The smallest absolute Gasteiger partial charge is 0.280 e. The van der Waals surface area contributed by atoms with Crippen molar-refractivity contribution in [3.8, 4) is 0 Å². The molecule has 0 fully saturated rings. The van der Waals surface area contributed by atoms with Gasteiger partial charge in [-0.15, -0.1) is 0 Å². The molecule has 0 amide bonds. The normalized spacial score (nSPS) is 9.69. The minimum Gasteiger partial charge on any atom is -0.393 e. The maximum atomic E-state index is 11.5. The fourth-order valence-electron chi connectivity index (χ4n) is 0.978. The second kappa shape index (κ2) is 3.32. The van der Waals surface area contributed by atoms with E-state index in [1.807, 2.05) is 0 Å². The first kappa shape index (κ1) is 9.34. The van der Waals surface area contributed by atoms with E-state index in [2.05, 4.69) is 12.0 Å². The number of hydrazine groups is 1. The van der Waals surface area contributed by atoms with Crippen LogP contribution < -0.4 is 22.6 Å². The molecule has 5 N–H and O–H groups in total. The summed E-state index contributed by atoms with van der Waals surface area (Å²) in [7, 11) is 0. The van der Waals surface area contributed by atoms with Crippen LogP contribution in [-0.4, -0.2) is 4.57 Å². The Morgan fingerprint density at radius 1 is 1.69 bits per heavy atom. The molecule has 5 nitrogen and oxygen atoms in total. The summed E-state index contributed by atoms with van der Waals surface area (Å²) < 4.78 is 1.36. The van der Waals surface area contributed by atoms with Gasteiger partial charge in [0.1, 0.15) is 5.69 Å². The number of nitrogen functional groups attached to an aromatic ring is 2. The Kier molecular flexibility index (Phi) is 2.39. The number of nitrogens with zero attached hydrogens (tertiary/aromatic N) is 1. The lowest BCUT2D eigenvalue weighted by Crippen LogP contribution is -2.23. The lowest BCUT2D eigenvalue weighted by Gasteiger charge is -2.08. The highest BCUT2D eigenvalue weighted by atomic mass is 16.1. The molecule has 1 rings (SSSR count). The molecule has 0 spiro atoms. The molecule has 1 aromatic heterocycles. The third-order valence-corrected chi connectivity index (χ3v) is 1.70. The molecule has 0 saturated heterocycles. The highest BCUT2D eigenvalue weighted by molar-refractivity contribution is 5.65. The van der Waals surface area contributed by atoms with Crippen molar-refractivity contribution < 1.29 is 0 Å². The molecule has 0 aromatic carbocycles. The first-order valence-electron chi connectivity index (χ1n) is 3.71. The molecule has 0 aliphatic carbocycles. The SMILES string of the molecule is C=C(C)n1ccc(NN)c(N)c1=O. The molecule has 1 heterocycles. The molecule has 0 bridgehead atoms. The quantitative estimate of drug-likeness (QED) is 0.448. The number of rotatable bonds is 2. The van der Waals surface area contributed by atoms with Crippen molar-refractivity contribution in [3.05, 3.63) is 29.2 Å². The number of hydrogen-bond acceptors (Lipinski definition) is 4. The summed E-state index contributed by atoms with van der Waals surface area (Å²) in [5.74, 6) is 5.15. The van der Waals surface area contributed by atoms with E-state index >= 15 is 0 Å². The van der Waals surface area contributed by atoms with E-state index in [0.29, 0.717) is 11.4 Å². The number of hydrogen-bond donors (Lipinski definition) is 3. The third-order valence-electron chi connectivity index (χ3n) is 1.70. The van der Waals surface area contributed by atoms with E-state index in [1.165, 1.54) is 4.57 Å². The maximum absolute atomic E-state index is 11.5. The fraction of sp³-hybridized carbons (Fsp3) is 0.125. The van der Waals surface area contributed by atoms with E-state index in [0.717, 1.165) is 0 Å². The van der Waals surface area contributed by atoms with E-state index in [4.69, 9.17) is 11.6 Å². The Hall–Kier alpha value is -1.75. The first-order chi connectivity index (χ1) is 6.07. The summed E-state index contributed by atoms with van der Waals surface area (Å²) in [4.78, 5) is 11.5. The zero-order valence-corrected chi connectivity index (χ0v) is 7.37. The van der Waals surface area contributed by atoms with Gasteiger partial charge < -0.3 is 11.2 Å². The molecule has 13 heavy (non-hydrogen) atoms. The largest absolute Gasteiger partial charge is 0.393 e. The van der Waals surface area contributed by atoms with Gasteiger partial charge in [0.25, 0.3) is 5.56 Å². The van der Waals surface area contributed by atoms with Crippen LogP contribution in [0.25, 0.3) is 5.70 Å². The van der Waals surface area contributed by atoms with Crippen LogP contribution in [0, 0.1) is 0 Å². The molecule has 0 radical (unpaired) electrons. The van der Waals surface area contributed by atoms with Gasteiger partial charge in [-0.1, -0.05) is 6.58 Å². The molecular weight excluding hydrogens is 168 g/mol. The molecule has 0 saturated carbocycles. The summed E-state index contributed by atoms with van der Waals surface area (Å²) in [5.41, 5.74) is 8.65. The van der Waals surface area contributed by atoms with Crippen LogP contribution in [0.1, 0.15) is 6.92 Å². The number of nitrogens with one attached hydrogen (secondary N) is 1. The van der Waals surface area contributed by atoms with E-state index in [-0.39, 0.29) is 11.2 Å². The van der Waals surface area contributed by atoms with Crippen LogP contribution in [0.5, 0.6) is 0 Å². The van der Waals surface area contributed by atoms with Crippen LogP contribution in [0.3, 0.4) is 0 Å². The summed E-state index contributed by atoms with van der Waals surface area (Å²) in [6, 6.07) is 1.62. The highest BCUT2D eigenvalue weighted by Crippen LogP contribution is 2.11. The van der Waals surface area contributed by atoms with Gasteiger partial charge in [-0.3, -0.25) is 15.2 Å². The zero-order chi connectivity index (χ0) is 10.0. The minimum absolute atomic E-state index is 0.0907. The summed E-state index contributed by atoms with van der Waals surface area (Å²) in [6.45, 7) is 5.36.